The highest BCUT2D eigenvalue weighted by Crippen LogP contribution is 2.11. The Morgan fingerprint density at radius 1 is 0.889 bits per heavy atom. The molecule has 0 aliphatic carbocycles. The van der Waals surface area contributed by atoms with Crippen molar-refractivity contribution in [3.63, 3.8) is 0 Å². The van der Waals surface area contributed by atoms with Gasteiger partial charge < -0.3 is 23.7 Å². The highest BCUT2D eigenvalue weighted by molar-refractivity contribution is 5.51. The van der Waals surface area contributed by atoms with Crippen LogP contribution >= 0.6 is 0 Å². The van der Waals surface area contributed by atoms with Crippen LogP contribution in [0, 0.1) is 0 Å². The molecule has 0 fully saturated rings. The Balaban J connectivity index is 3.07. The summed E-state index contributed by atoms with van der Waals surface area (Å²) in [7, 11) is 7.65. The van der Waals surface area contributed by atoms with Crippen LogP contribution in [0.5, 0.6) is 0 Å². The maximum atomic E-state index is 12.0. The molecule has 148 valence electrons. The summed E-state index contributed by atoms with van der Waals surface area (Å²) in [6.45, 7) is 4.94. The van der Waals surface area contributed by atoms with Gasteiger partial charge in [0, 0.05) is 52.7 Å². The zero-order valence-electron chi connectivity index (χ0n) is 17.1. The SMILES string of the molecule is CCOC(C=Cc1cc(=O)cc(C=CC(=CN(C)C)OCC)o1)=CN(C)C. The minimum absolute atomic E-state index is 0.135. The van der Waals surface area contributed by atoms with Crippen molar-refractivity contribution in [1.82, 2.24) is 9.80 Å². The second kappa shape index (κ2) is 11.7. The normalized spacial score (nSPS) is 12.7. The smallest absolute Gasteiger partial charge is 0.186 e. The van der Waals surface area contributed by atoms with E-state index in [0.29, 0.717) is 36.3 Å². The standard InChI is InChI=1S/C21H30N2O4/c1-7-25-20(15-22(3)4)11-9-18-13-17(24)14-19(27-18)10-12-21(26-8-2)16-23(5)6/h9-16H,7-8H2,1-6H3. The quantitative estimate of drug-likeness (QED) is 0.461. The summed E-state index contributed by atoms with van der Waals surface area (Å²) in [5.41, 5.74) is -0.135. The van der Waals surface area contributed by atoms with Crippen molar-refractivity contribution >= 4 is 12.2 Å². The lowest BCUT2D eigenvalue weighted by Crippen LogP contribution is -2.04. The van der Waals surface area contributed by atoms with Crippen molar-refractivity contribution in [1.29, 1.82) is 0 Å². The molecular formula is C21H30N2O4. The molecule has 0 saturated heterocycles. The highest BCUT2D eigenvalue weighted by atomic mass is 16.5. The van der Waals surface area contributed by atoms with Gasteiger partial charge in [0.15, 0.2) is 5.43 Å². The molecule has 0 unspecified atom stereocenters. The monoisotopic (exact) mass is 374 g/mol. The number of hydrogen-bond acceptors (Lipinski definition) is 6. The van der Waals surface area contributed by atoms with Gasteiger partial charge in [0.1, 0.15) is 23.0 Å². The van der Waals surface area contributed by atoms with E-state index < -0.39 is 0 Å². The van der Waals surface area contributed by atoms with Gasteiger partial charge in [-0.3, -0.25) is 4.79 Å². The van der Waals surface area contributed by atoms with Crippen LogP contribution in [0.3, 0.4) is 0 Å². The zero-order valence-corrected chi connectivity index (χ0v) is 17.1. The largest absolute Gasteiger partial charge is 0.492 e. The minimum atomic E-state index is -0.135. The first-order chi connectivity index (χ1) is 12.8. The topological polar surface area (TPSA) is 55.1 Å². The Labute approximate surface area is 161 Å². The van der Waals surface area contributed by atoms with E-state index in [4.69, 9.17) is 13.9 Å². The maximum absolute atomic E-state index is 12.0. The molecule has 0 aliphatic rings. The molecule has 0 radical (unpaired) electrons. The summed E-state index contributed by atoms with van der Waals surface area (Å²) in [5.74, 6) is 2.25. The lowest BCUT2D eigenvalue weighted by atomic mass is 10.3. The van der Waals surface area contributed by atoms with Crippen molar-refractivity contribution in [3.8, 4) is 0 Å². The fourth-order valence-corrected chi connectivity index (χ4v) is 2.11. The van der Waals surface area contributed by atoms with E-state index in [2.05, 4.69) is 0 Å². The third-order valence-corrected chi connectivity index (χ3v) is 3.02. The first kappa shape index (κ1) is 22.2. The molecule has 6 heteroatoms. The molecule has 6 nitrogen and oxygen atoms in total. The van der Waals surface area contributed by atoms with Gasteiger partial charge in [0.2, 0.25) is 0 Å². The molecule has 0 atom stereocenters. The van der Waals surface area contributed by atoms with Gasteiger partial charge in [-0.15, -0.1) is 0 Å². The van der Waals surface area contributed by atoms with Crippen LogP contribution in [0.25, 0.3) is 12.2 Å². The maximum Gasteiger partial charge on any atom is 0.186 e. The molecule has 0 amide bonds. The van der Waals surface area contributed by atoms with Crippen LogP contribution in [-0.2, 0) is 9.47 Å². The molecular weight excluding hydrogens is 344 g/mol. The van der Waals surface area contributed by atoms with Crippen molar-refractivity contribution in [2.24, 2.45) is 0 Å². The molecule has 0 bridgehead atoms. The Morgan fingerprint density at radius 2 is 1.30 bits per heavy atom. The Hall–Kier alpha value is -2.89. The molecule has 1 aromatic rings. The average molecular weight is 374 g/mol. The van der Waals surface area contributed by atoms with Crippen molar-refractivity contribution < 1.29 is 13.9 Å². The Kier molecular flexibility index (Phi) is 9.58. The highest BCUT2D eigenvalue weighted by Gasteiger charge is 2.00. The average Bonchev–Trinajstić information content (AvgIpc) is 2.57. The fraction of sp³-hybridized carbons (Fsp3) is 0.381. The first-order valence-corrected chi connectivity index (χ1v) is 8.87. The van der Waals surface area contributed by atoms with Crippen molar-refractivity contribution in [2.45, 2.75) is 13.8 Å². The van der Waals surface area contributed by atoms with E-state index in [0.717, 1.165) is 0 Å². The molecule has 0 aliphatic heterocycles. The molecule has 1 aromatic heterocycles. The summed E-state index contributed by atoms with van der Waals surface area (Å²) in [5, 5.41) is 0. The van der Waals surface area contributed by atoms with Gasteiger partial charge in [-0.1, -0.05) is 0 Å². The third kappa shape index (κ3) is 9.39. The molecule has 0 saturated carbocycles. The van der Waals surface area contributed by atoms with Crippen LogP contribution < -0.4 is 5.43 Å². The van der Waals surface area contributed by atoms with Gasteiger partial charge in [-0.2, -0.15) is 0 Å². The number of allylic oxidation sites excluding steroid dienone is 2. The molecule has 0 spiro atoms. The van der Waals surface area contributed by atoms with Gasteiger partial charge in [0.25, 0.3) is 0 Å². The first-order valence-electron chi connectivity index (χ1n) is 8.87. The molecule has 0 N–H and O–H groups in total. The van der Waals surface area contributed by atoms with E-state index in [9.17, 15) is 4.79 Å². The molecule has 1 rings (SSSR count). The number of rotatable bonds is 10. The van der Waals surface area contributed by atoms with E-state index in [1.165, 1.54) is 12.1 Å². The van der Waals surface area contributed by atoms with Crippen molar-refractivity contribution in [3.05, 3.63) is 69.9 Å². The Bertz CT molecular complexity index is 696. The number of hydrogen-bond donors (Lipinski definition) is 0. The predicted molar refractivity (Wildman–Crippen MR) is 110 cm³/mol. The molecule has 1 heterocycles. The van der Waals surface area contributed by atoms with Gasteiger partial charge in [0.05, 0.1) is 13.2 Å². The van der Waals surface area contributed by atoms with E-state index in [1.54, 1.807) is 24.3 Å². The second-order valence-electron chi connectivity index (χ2n) is 6.12. The van der Waals surface area contributed by atoms with Crippen LogP contribution in [0.2, 0.25) is 0 Å². The summed E-state index contributed by atoms with van der Waals surface area (Å²) >= 11 is 0. The summed E-state index contributed by atoms with van der Waals surface area (Å²) < 4.78 is 16.9. The number of nitrogens with zero attached hydrogens (tertiary/aromatic N) is 2. The minimum Gasteiger partial charge on any atom is -0.492 e. The van der Waals surface area contributed by atoms with E-state index >= 15 is 0 Å². The van der Waals surface area contributed by atoms with Gasteiger partial charge in [-0.05, 0) is 38.2 Å². The summed E-state index contributed by atoms with van der Waals surface area (Å²) in [6.07, 6.45) is 10.7. The molecule has 0 aromatic carbocycles. The zero-order chi connectivity index (χ0) is 20.2. The summed E-state index contributed by atoms with van der Waals surface area (Å²) in [6, 6.07) is 2.87. The van der Waals surface area contributed by atoms with Gasteiger partial charge in [-0.25, -0.2) is 0 Å². The van der Waals surface area contributed by atoms with Gasteiger partial charge >= 0.3 is 0 Å². The Morgan fingerprint density at radius 3 is 1.63 bits per heavy atom. The van der Waals surface area contributed by atoms with E-state index in [1.807, 2.05) is 64.2 Å². The van der Waals surface area contributed by atoms with Crippen LogP contribution in [0.1, 0.15) is 25.4 Å². The second-order valence-corrected chi connectivity index (χ2v) is 6.12. The predicted octanol–water partition coefficient (Wildman–Crippen LogP) is 3.55. The van der Waals surface area contributed by atoms with Crippen LogP contribution in [-0.4, -0.2) is 51.2 Å². The molecule has 27 heavy (non-hydrogen) atoms. The number of ether oxygens (including phenoxy) is 2. The lowest BCUT2D eigenvalue weighted by Gasteiger charge is -2.09. The van der Waals surface area contributed by atoms with Crippen LogP contribution in [0.15, 0.2) is 57.4 Å². The lowest BCUT2D eigenvalue weighted by molar-refractivity contribution is 0.236. The van der Waals surface area contributed by atoms with Crippen molar-refractivity contribution in [2.75, 3.05) is 41.4 Å². The summed E-state index contributed by atoms with van der Waals surface area (Å²) in [4.78, 5) is 15.7. The third-order valence-electron chi connectivity index (χ3n) is 3.02. The fourth-order valence-electron chi connectivity index (χ4n) is 2.11. The van der Waals surface area contributed by atoms with Crippen LogP contribution in [0.4, 0.5) is 0 Å². The van der Waals surface area contributed by atoms with E-state index in [-0.39, 0.29) is 5.43 Å².